The van der Waals surface area contributed by atoms with Gasteiger partial charge in [-0.25, -0.2) is 4.98 Å². The van der Waals surface area contributed by atoms with E-state index in [4.69, 9.17) is 0 Å². The van der Waals surface area contributed by atoms with Crippen molar-refractivity contribution < 1.29 is 0 Å². The normalized spacial score (nSPS) is 12.5. The Kier molecular flexibility index (Phi) is 3.71. The molecule has 2 rings (SSSR count). The van der Waals surface area contributed by atoms with E-state index in [0.29, 0.717) is 0 Å². The van der Waals surface area contributed by atoms with Crippen LogP contribution in [0.1, 0.15) is 29.9 Å². The third-order valence-corrected chi connectivity index (χ3v) is 3.58. The number of halogens is 1. The van der Waals surface area contributed by atoms with E-state index in [2.05, 4.69) is 45.2 Å². The fourth-order valence-corrected chi connectivity index (χ4v) is 2.43. The van der Waals surface area contributed by atoms with Gasteiger partial charge in [-0.3, -0.25) is 4.68 Å². The smallest absolute Gasteiger partial charge is 0.106 e. The van der Waals surface area contributed by atoms with Crippen LogP contribution in [0.5, 0.6) is 0 Å². The minimum Gasteiger partial charge on any atom is -0.377 e. The van der Waals surface area contributed by atoms with Gasteiger partial charge in [-0.05, 0) is 48.8 Å². The Bertz CT molecular complexity index is 545. The van der Waals surface area contributed by atoms with Gasteiger partial charge in [-0.15, -0.1) is 0 Å². The predicted molar refractivity (Wildman–Crippen MR) is 76.7 cm³/mol. The largest absolute Gasteiger partial charge is 0.377 e. The minimum atomic E-state index is 0.210. The zero-order chi connectivity index (χ0) is 13.3. The molecule has 0 amide bonds. The molecule has 0 fully saturated rings. The Labute approximate surface area is 116 Å². The summed E-state index contributed by atoms with van der Waals surface area (Å²) in [6, 6.07) is 4.15. The van der Waals surface area contributed by atoms with Gasteiger partial charge in [-0.1, -0.05) is 0 Å². The number of nitrogens with one attached hydrogen (secondary N) is 1. The zero-order valence-corrected chi connectivity index (χ0v) is 12.6. The van der Waals surface area contributed by atoms with Crippen LogP contribution >= 0.6 is 15.9 Å². The van der Waals surface area contributed by atoms with E-state index in [9.17, 15) is 0 Å². The molecule has 0 saturated carbocycles. The molecule has 4 nitrogen and oxygen atoms in total. The summed E-state index contributed by atoms with van der Waals surface area (Å²) in [5.74, 6) is 0. The maximum Gasteiger partial charge on any atom is 0.106 e. The Morgan fingerprint density at radius 3 is 2.56 bits per heavy atom. The standard InChI is InChI=1S/C13H17BrN4/c1-8(13-9(2)17-18(4)10(13)3)16-11-5-6-12(14)15-7-11/h5-8,16H,1-4H3. The SMILES string of the molecule is Cc1nn(C)c(C)c1C(C)Nc1ccc(Br)nc1. The lowest BCUT2D eigenvalue weighted by Crippen LogP contribution is -2.09. The molecule has 5 heteroatoms. The van der Waals surface area contributed by atoms with E-state index >= 15 is 0 Å². The molecular weight excluding hydrogens is 292 g/mol. The van der Waals surface area contributed by atoms with Crippen LogP contribution in [0.4, 0.5) is 5.69 Å². The number of aryl methyl sites for hydroxylation is 2. The van der Waals surface area contributed by atoms with Crippen molar-refractivity contribution in [1.29, 1.82) is 0 Å². The topological polar surface area (TPSA) is 42.7 Å². The summed E-state index contributed by atoms with van der Waals surface area (Å²) < 4.78 is 2.76. The maximum absolute atomic E-state index is 4.44. The molecule has 0 aliphatic heterocycles. The van der Waals surface area contributed by atoms with E-state index in [0.717, 1.165) is 16.0 Å². The molecule has 2 aromatic rings. The third-order valence-electron chi connectivity index (χ3n) is 3.11. The predicted octanol–water partition coefficient (Wildman–Crippen LogP) is 3.37. The van der Waals surface area contributed by atoms with Gasteiger partial charge in [0.05, 0.1) is 23.6 Å². The number of pyridine rings is 1. The third kappa shape index (κ3) is 2.56. The summed E-state index contributed by atoms with van der Waals surface area (Å²) in [6.07, 6.45) is 1.82. The molecule has 0 aliphatic carbocycles. The van der Waals surface area contributed by atoms with Gasteiger partial charge in [-0.2, -0.15) is 5.10 Å². The highest BCUT2D eigenvalue weighted by Gasteiger charge is 2.16. The van der Waals surface area contributed by atoms with Gasteiger partial charge in [0.1, 0.15) is 4.60 Å². The quantitative estimate of drug-likeness (QED) is 0.884. The maximum atomic E-state index is 4.44. The Hall–Kier alpha value is -1.36. The summed E-state index contributed by atoms with van der Waals surface area (Å²) in [5.41, 5.74) is 4.52. The Morgan fingerprint density at radius 1 is 1.33 bits per heavy atom. The summed E-state index contributed by atoms with van der Waals surface area (Å²) in [6.45, 7) is 6.27. The van der Waals surface area contributed by atoms with Crippen LogP contribution in [0.2, 0.25) is 0 Å². The number of aromatic nitrogens is 3. The molecule has 1 unspecified atom stereocenters. The first-order valence-electron chi connectivity index (χ1n) is 5.87. The van der Waals surface area contributed by atoms with Crippen LogP contribution in [-0.2, 0) is 7.05 Å². The van der Waals surface area contributed by atoms with Crippen LogP contribution in [0, 0.1) is 13.8 Å². The van der Waals surface area contributed by atoms with Crippen LogP contribution < -0.4 is 5.32 Å². The zero-order valence-electron chi connectivity index (χ0n) is 11.0. The van der Waals surface area contributed by atoms with Crippen molar-refractivity contribution in [1.82, 2.24) is 14.8 Å². The second-order valence-electron chi connectivity index (χ2n) is 4.44. The van der Waals surface area contributed by atoms with Crippen LogP contribution in [0.3, 0.4) is 0 Å². The average molecular weight is 309 g/mol. The lowest BCUT2D eigenvalue weighted by molar-refractivity contribution is 0.728. The second kappa shape index (κ2) is 5.10. The van der Waals surface area contributed by atoms with E-state index in [-0.39, 0.29) is 6.04 Å². The first-order valence-corrected chi connectivity index (χ1v) is 6.66. The molecular formula is C13H17BrN4. The molecule has 2 aromatic heterocycles. The monoisotopic (exact) mass is 308 g/mol. The lowest BCUT2D eigenvalue weighted by Gasteiger charge is -2.15. The van der Waals surface area contributed by atoms with Crippen molar-refractivity contribution in [3.05, 3.63) is 39.9 Å². The van der Waals surface area contributed by atoms with Crippen molar-refractivity contribution in [2.45, 2.75) is 26.8 Å². The van der Waals surface area contributed by atoms with Gasteiger partial charge < -0.3 is 5.32 Å². The number of rotatable bonds is 3. The fraction of sp³-hybridized carbons (Fsp3) is 0.385. The summed E-state index contributed by atoms with van der Waals surface area (Å²) in [5, 5.41) is 7.88. The molecule has 18 heavy (non-hydrogen) atoms. The summed E-state index contributed by atoms with van der Waals surface area (Å²) in [7, 11) is 1.97. The van der Waals surface area contributed by atoms with Crippen molar-refractivity contribution in [3.8, 4) is 0 Å². The van der Waals surface area contributed by atoms with Crippen LogP contribution in [0.15, 0.2) is 22.9 Å². The highest BCUT2D eigenvalue weighted by Crippen LogP contribution is 2.24. The van der Waals surface area contributed by atoms with Crippen LogP contribution in [-0.4, -0.2) is 14.8 Å². The molecule has 0 radical (unpaired) electrons. The fourth-order valence-electron chi connectivity index (χ4n) is 2.20. The summed E-state index contributed by atoms with van der Waals surface area (Å²) >= 11 is 3.33. The minimum absolute atomic E-state index is 0.210. The first-order chi connectivity index (χ1) is 8.49. The Balaban J connectivity index is 2.21. The van der Waals surface area contributed by atoms with E-state index in [1.165, 1.54) is 11.3 Å². The number of hydrogen-bond acceptors (Lipinski definition) is 3. The highest BCUT2D eigenvalue weighted by molar-refractivity contribution is 9.10. The second-order valence-corrected chi connectivity index (χ2v) is 5.26. The van der Waals surface area contributed by atoms with E-state index < -0.39 is 0 Å². The lowest BCUT2D eigenvalue weighted by atomic mass is 10.1. The van der Waals surface area contributed by atoms with E-state index in [1.807, 2.05) is 37.0 Å². The number of anilines is 1. The van der Waals surface area contributed by atoms with Crippen molar-refractivity contribution in [2.24, 2.45) is 7.05 Å². The van der Waals surface area contributed by atoms with Crippen molar-refractivity contribution in [3.63, 3.8) is 0 Å². The molecule has 1 N–H and O–H groups in total. The van der Waals surface area contributed by atoms with Gasteiger partial charge in [0.25, 0.3) is 0 Å². The number of hydrogen-bond donors (Lipinski definition) is 1. The molecule has 0 spiro atoms. The molecule has 0 aromatic carbocycles. The summed E-state index contributed by atoms with van der Waals surface area (Å²) in [4.78, 5) is 4.21. The van der Waals surface area contributed by atoms with E-state index in [1.54, 1.807) is 0 Å². The average Bonchev–Trinajstić information content (AvgIpc) is 2.56. The molecule has 0 aliphatic rings. The van der Waals surface area contributed by atoms with Gasteiger partial charge in [0.2, 0.25) is 0 Å². The highest BCUT2D eigenvalue weighted by atomic mass is 79.9. The molecule has 96 valence electrons. The molecule has 1 atom stereocenters. The molecule has 0 bridgehead atoms. The van der Waals surface area contributed by atoms with Crippen LogP contribution in [0.25, 0.3) is 0 Å². The van der Waals surface area contributed by atoms with Crippen molar-refractivity contribution >= 4 is 21.6 Å². The van der Waals surface area contributed by atoms with Gasteiger partial charge >= 0.3 is 0 Å². The van der Waals surface area contributed by atoms with Gasteiger partial charge in [0.15, 0.2) is 0 Å². The molecule has 0 saturated heterocycles. The first kappa shape index (κ1) is 13.1. The van der Waals surface area contributed by atoms with Gasteiger partial charge in [0, 0.05) is 18.3 Å². The Morgan fingerprint density at radius 2 is 2.06 bits per heavy atom. The van der Waals surface area contributed by atoms with Crippen molar-refractivity contribution in [2.75, 3.05) is 5.32 Å². The molecule has 2 heterocycles. The number of nitrogens with zero attached hydrogens (tertiary/aromatic N) is 3.